The fourth-order valence-corrected chi connectivity index (χ4v) is 2.42. The standard InChI is InChI=1S/C15H21NO4/c1-18-13-7-3-6-12(9-13)16-14(15(17)19-2)11-5-4-8-20-10-11/h3,6-7,9,11,14,16H,4-5,8,10H2,1-2H3. The molecule has 2 atom stereocenters. The van der Waals surface area contributed by atoms with Gasteiger partial charge in [-0.05, 0) is 25.0 Å². The minimum atomic E-state index is -0.396. The predicted molar refractivity (Wildman–Crippen MR) is 76.0 cm³/mol. The van der Waals surface area contributed by atoms with Gasteiger partial charge in [0.25, 0.3) is 0 Å². The van der Waals surface area contributed by atoms with Gasteiger partial charge in [-0.15, -0.1) is 0 Å². The van der Waals surface area contributed by atoms with Crippen LogP contribution in [-0.2, 0) is 14.3 Å². The Balaban J connectivity index is 2.11. The molecule has 1 aliphatic rings. The summed E-state index contributed by atoms with van der Waals surface area (Å²) in [6.07, 6.45) is 1.93. The van der Waals surface area contributed by atoms with Gasteiger partial charge in [-0.1, -0.05) is 6.07 Å². The first-order valence-electron chi connectivity index (χ1n) is 6.80. The maximum absolute atomic E-state index is 12.0. The zero-order valence-electron chi connectivity index (χ0n) is 11.9. The molecule has 5 heteroatoms. The molecule has 1 aromatic carbocycles. The Morgan fingerprint density at radius 3 is 2.95 bits per heavy atom. The number of esters is 1. The molecule has 1 aliphatic heterocycles. The van der Waals surface area contributed by atoms with Crippen molar-refractivity contribution in [2.75, 3.05) is 32.8 Å². The number of carbonyl (C=O) groups is 1. The van der Waals surface area contributed by atoms with Crippen molar-refractivity contribution in [3.05, 3.63) is 24.3 Å². The van der Waals surface area contributed by atoms with E-state index in [0.717, 1.165) is 30.9 Å². The quantitative estimate of drug-likeness (QED) is 0.836. The average Bonchev–Trinajstić information content (AvgIpc) is 2.53. The van der Waals surface area contributed by atoms with Crippen molar-refractivity contribution in [1.82, 2.24) is 0 Å². The van der Waals surface area contributed by atoms with Gasteiger partial charge in [0.05, 0.1) is 20.8 Å². The van der Waals surface area contributed by atoms with Crippen LogP contribution in [0.3, 0.4) is 0 Å². The summed E-state index contributed by atoms with van der Waals surface area (Å²) in [6, 6.07) is 7.11. The molecule has 20 heavy (non-hydrogen) atoms. The van der Waals surface area contributed by atoms with Crippen LogP contribution in [0.25, 0.3) is 0 Å². The van der Waals surface area contributed by atoms with Crippen LogP contribution < -0.4 is 10.1 Å². The lowest BCUT2D eigenvalue weighted by atomic mass is 9.93. The lowest BCUT2D eigenvalue weighted by molar-refractivity contribution is -0.144. The van der Waals surface area contributed by atoms with Crippen molar-refractivity contribution in [3.8, 4) is 5.75 Å². The summed E-state index contributed by atoms with van der Waals surface area (Å²) in [4.78, 5) is 12.0. The van der Waals surface area contributed by atoms with E-state index in [1.165, 1.54) is 7.11 Å². The van der Waals surface area contributed by atoms with E-state index in [4.69, 9.17) is 14.2 Å². The zero-order chi connectivity index (χ0) is 14.4. The second-order valence-electron chi connectivity index (χ2n) is 4.85. The molecule has 0 aromatic heterocycles. The van der Waals surface area contributed by atoms with E-state index in [1.54, 1.807) is 7.11 Å². The van der Waals surface area contributed by atoms with Crippen LogP contribution in [0.15, 0.2) is 24.3 Å². The Bertz CT molecular complexity index is 443. The summed E-state index contributed by atoms with van der Waals surface area (Å²) in [5, 5.41) is 3.24. The van der Waals surface area contributed by atoms with Crippen LogP contribution in [0, 0.1) is 5.92 Å². The minimum absolute atomic E-state index is 0.127. The Hall–Kier alpha value is -1.75. The van der Waals surface area contributed by atoms with E-state index < -0.39 is 6.04 Å². The van der Waals surface area contributed by atoms with Crippen LogP contribution in [0.4, 0.5) is 5.69 Å². The first-order valence-corrected chi connectivity index (χ1v) is 6.80. The topological polar surface area (TPSA) is 56.8 Å². The maximum Gasteiger partial charge on any atom is 0.328 e. The second kappa shape index (κ2) is 7.14. The zero-order valence-corrected chi connectivity index (χ0v) is 11.9. The summed E-state index contributed by atoms with van der Waals surface area (Å²) in [5.41, 5.74) is 0.838. The van der Waals surface area contributed by atoms with Crippen molar-refractivity contribution < 1.29 is 19.0 Å². The van der Waals surface area contributed by atoms with Crippen molar-refractivity contribution in [2.45, 2.75) is 18.9 Å². The molecule has 1 fully saturated rings. The van der Waals surface area contributed by atoms with Crippen LogP contribution in [0.1, 0.15) is 12.8 Å². The molecule has 1 heterocycles. The van der Waals surface area contributed by atoms with Crippen molar-refractivity contribution in [3.63, 3.8) is 0 Å². The van der Waals surface area contributed by atoms with Gasteiger partial charge in [0.1, 0.15) is 11.8 Å². The van der Waals surface area contributed by atoms with Gasteiger partial charge in [0.2, 0.25) is 0 Å². The van der Waals surface area contributed by atoms with Crippen LogP contribution in [0.2, 0.25) is 0 Å². The van der Waals surface area contributed by atoms with Crippen molar-refractivity contribution in [1.29, 1.82) is 0 Å². The van der Waals surface area contributed by atoms with Gasteiger partial charge < -0.3 is 19.5 Å². The number of rotatable bonds is 5. The Kier molecular flexibility index (Phi) is 5.24. The first kappa shape index (κ1) is 14.7. The molecule has 1 aromatic rings. The first-order chi connectivity index (χ1) is 9.74. The molecule has 1 N–H and O–H groups in total. The smallest absolute Gasteiger partial charge is 0.328 e. The van der Waals surface area contributed by atoms with E-state index in [9.17, 15) is 4.79 Å². The lowest BCUT2D eigenvalue weighted by Gasteiger charge is -2.29. The molecule has 2 rings (SSSR count). The normalized spacial score (nSPS) is 20.0. The number of anilines is 1. The molecule has 0 amide bonds. The highest BCUT2D eigenvalue weighted by Gasteiger charge is 2.30. The van der Waals surface area contributed by atoms with E-state index >= 15 is 0 Å². The number of hydrogen-bond acceptors (Lipinski definition) is 5. The number of carbonyl (C=O) groups excluding carboxylic acids is 1. The van der Waals surface area contributed by atoms with E-state index in [2.05, 4.69) is 5.32 Å². The number of ether oxygens (including phenoxy) is 3. The molecule has 0 bridgehead atoms. The Morgan fingerprint density at radius 2 is 2.30 bits per heavy atom. The molecule has 5 nitrogen and oxygen atoms in total. The lowest BCUT2D eigenvalue weighted by Crippen LogP contribution is -2.41. The molecule has 110 valence electrons. The van der Waals surface area contributed by atoms with E-state index in [1.807, 2.05) is 24.3 Å². The number of nitrogens with one attached hydrogen (secondary N) is 1. The molecule has 0 spiro atoms. The predicted octanol–water partition coefficient (Wildman–Crippen LogP) is 2.08. The largest absolute Gasteiger partial charge is 0.497 e. The fourth-order valence-electron chi connectivity index (χ4n) is 2.42. The monoisotopic (exact) mass is 279 g/mol. The third-order valence-electron chi connectivity index (χ3n) is 3.51. The second-order valence-corrected chi connectivity index (χ2v) is 4.85. The van der Waals surface area contributed by atoms with Crippen molar-refractivity contribution >= 4 is 11.7 Å². The van der Waals surface area contributed by atoms with E-state index in [-0.39, 0.29) is 11.9 Å². The number of benzene rings is 1. The summed E-state index contributed by atoms with van der Waals surface area (Å²) < 4.78 is 15.6. The summed E-state index contributed by atoms with van der Waals surface area (Å²) in [6.45, 7) is 1.35. The van der Waals surface area contributed by atoms with Crippen LogP contribution in [-0.4, -0.2) is 39.4 Å². The molecule has 0 saturated carbocycles. The molecule has 0 aliphatic carbocycles. The molecule has 0 radical (unpaired) electrons. The van der Waals surface area contributed by atoms with Gasteiger partial charge in [0, 0.05) is 24.3 Å². The van der Waals surface area contributed by atoms with Gasteiger partial charge in [0.15, 0.2) is 0 Å². The summed E-state index contributed by atoms with van der Waals surface area (Å²) >= 11 is 0. The van der Waals surface area contributed by atoms with Gasteiger partial charge >= 0.3 is 5.97 Å². The highest BCUT2D eigenvalue weighted by molar-refractivity contribution is 5.79. The van der Waals surface area contributed by atoms with Gasteiger partial charge in [-0.3, -0.25) is 0 Å². The van der Waals surface area contributed by atoms with E-state index in [0.29, 0.717) is 6.61 Å². The number of methoxy groups -OCH3 is 2. The maximum atomic E-state index is 12.0. The highest BCUT2D eigenvalue weighted by atomic mass is 16.5. The molecular weight excluding hydrogens is 258 g/mol. The summed E-state index contributed by atoms with van der Waals surface area (Å²) in [5.74, 6) is 0.615. The Labute approximate surface area is 119 Å². The summed E-state index contributed by atoms with van der Waals surface area (Å²) in [7, 11) is 3.03. The Morgan fingerprint density at radius 1 is 1.45 bits per heavy atom. The minimum Gasteiger partial charge on any atom is -0.497 e. The molecule has 2 unspecified atom stereocenters. The van der Waals surface area contributed by atoms with Crippen LogP contribution in [0.5, 0.6) is 5.75 Å². The highest BCUT2D eigenvalue weighted by Crippen LogP contribution is 2.24. The van der Waals surface area contributed by atoms with Crippen LogP contribution >= 0.6 is 0 Å². The third kappa shape index (κ3) is 3.63. The average molecular weight is 279 g/mol. The van der Waals surface area contributed by atoms with Crippen molar-refractivity contribution in [2.24, 2.45) is 5.92 Å². The fraction of sp³-hybridized carbons (Fsp3) is 0.533. The van der Waals surface area contributed by atoms with Gasteiger partial charge in [-0.2, -0.15) is 0 Å². The third-order valence-corrected chi connectivity index (χ3v) is 3.51. The SMILES string of the molecule is COC(=O)C(Nc1cccc(OC)c1)C1CCCOC1. The number of hydrogen-bond donors (Lipinski definition) is 1. The van der Waals surface area contributed by atoms with Gasteiger partial charge in [-0.25, -0.2) is 4.79 Å². The molecule has 1 saturated heterocycles. The molecular formula is C15H21NO4.